The van der Waals surface area contributed by atoms with Crippen molar-refractivity contribution in [1.29, 1.82) is 0 Å². The summed E-state index contributed by atoms with van der Waals surface area (Å²) in [5, 5.41) is 0. The van der Waals surface area contributed by atoms with Gasteiger partial charge in [0.1, 0.15) is 0 Å². The molecule has 24 valence electrons. The van der Waals surface area contributed by atoms with Gasteiger partial charge in [0.15, 0.2) is 0 Å². The predicted octanol–water partition coefficient (Wildman–Crippen LogP) is 2.16. The molecule has 0 amide bonds. The fourth-order valence-corrected chi connectivity index (χ4v) is 0. The Morgan fingerprint density at radius 2 is 1.00 bits per heavy atom. The van der Waals surface area contributed by atoms with Gasteiger partial charge in [-0.3, -0.25) is 0 Å². The second-order valence-electron chi connectivity index (χ2n) is 0.214. The van der Waals surface area contributed by atoms with E-state index in [2.05, 4.69) is 38.1 Å². The van der Waals surface area contributed by atoms with Crippen molar-refractivity contribution in [2.24, 2.45) is 0 Å². The van der Waals surface area contributed by atoms with Crippen molar-refractivity contribution in [1.82, 2.24) is 0 Å². The maximum atomic E-state index is 3.30. The van der Waals surface area contributed by atoms with E-state index in [0.717, 1.165) is 0 Å². The first kappa shape index (κ1) is 6.24. The van der Waals surface area contributed by atoms with Gasteiger partial charge in [-0.05, 0) is 0 Å². The van der Waals surface area contributed by atoms with E-state index in [1.165, 1.54) is 0 Å². The first-order valence-corrected chi connectivity index (χ1v) is 19.8. The molecule has 0 aromatic carbocycles. The SMILES string of the molecule is [Br][Sn+]([Br])[Br]. The summed E-state index contributed by atoms with van der Waals surface area (Å²) >= 11 is 8.80. The average molecular weight is 358 g/mol. The standard InChI is InChI=1S/3BrH.Sn/h3*1H;/q;;;+4/p-3. The molecule has 0 rings (SSSR count). The molecular weight excluding hydrogens is 358 g/mol. The van der Waals surface area contributed by atoms with Crippen molar-refractivity contribution in [3.05, 3.63) is 0 Å². The van der Waals surface area contributed by atoms with E-state index in [1.54, 1.807) is 0 Å². The fourth-order valence-electron chi connectivity index (χ4n) is 0. The molecular formula is Br3Sn+. The number of rotatable bonds is 0. The van der Waals surface area contributed by atoms with Crippen molar-refractivity contribution in [2.75, 3.05) is 0 Å². The van der Waals surface area contributed by atoms with Crippen molar-refractivity contribution in [3.8, 4) is 0 Å². The van der Waals surface area contributed by atoms with Gasteiger partial charge >= 0.3 is 51.2 Å². The number of hydrogen-bond acceptors (Lipinski definition) is 0. The molecule has 0 aromatic rings. The van der Waals surface area contributed by atoms with Crippen LogP contribution in [0.5, 0.6) is 0 Å². The first-order valence-electron chi connectivity index (χ1n) is 0.567. The van der Waals surface area contributed by atoms with E-state index in [1.807, 2.05) is 0 Å². The van der Waals surface area contributed by atoms with Crippen molar-refractivity contribution >= 4 is 51.2 Å². The zero-order chi connectivity index (χ0) is 3.58. The molecule has 0 heterocycles. The Hall–Kier alpha value is 2.24. The summed E-state index contributed by atoms with van der Waals surface area (Å²) in [6, 6.07) is 0. The molecule has 0 aliphatic heterocycles. The van der Waals surface area contributed by atoms with E-state index in [0.29, 0.717) is 0 Å². The van der Waals surface area contributed by atoms with Crippen LogP contribution in [0.1, 0.15) is 0 Å². The first-order chi connectivity index (χ1) is 1.73. The third-order valence-electron chi connectivity index (χ3n) is 0. The minimum atomic E-state index is -1.11. The third kappa shape index (κ3) is 8.87. The summed E-state index contributed by atoms with van der Waals surface area (Å²) in [7, 11) is 0. The molecule has 0 aromatic heterocycles. The van der Waals surface area contributed by atoms with Crippen LogP contribution in [-0.2, 0) is 0 Å². The zero-order valence-electron chi connectivity index (χ0n) is 1.63. The van der Waals surface area contributed by atoms with Gasteiger partial charge in [-0.1, -0.05) is 0 Å². The van der Waals surface area contributed by atoms with E-state index in [9.17, 15) is 0 Å². The Morgan fingerprint density at radius 3 is 1.00 bits per heavy atom. The summed E-state index contributed by atoms with van der Waals surface area (Å²) in [5.41, 5.74) is 0. The van der Waals surface area contributed by atoms with Crippen LogP contribution in [-0.4, -0.2) is 13.1 Å². The maximum absolute atomic E-state index is 3.30. The normalized spacial score (nSPS) is 6.75. The van der Waals surface area contributed by atoms with Crippen LogP contribution in [0.2, 0.25) is 0 Å². The van der Waals surface area contributed by atoms with Gasteiger partial charge in [0.2, 0.25) is 0 Å². The molecule has 0 saturated heterocycles. The van der Waals surface area contributed by atoms with Gasteiger partial charge in [0.25, 0.3) is 0 Å². The Morgan fingerprint density at radius 1 is 1.00 bits per heavy atom. The summed E-state index contributed by atoms with van der Waals surface area (Å²) in [6.45, 7) is 0. The fraction of sp³-hybridized carbons (Fsp3) is 0. The van der Waals surface area contributed by atoms with Gasteiger partial charge in [0.05, 0.1) is 0 Å². The minimum absolute atomic E-state index is 1.11. The average Bonchev–Trinajstić information content (AvgIpc) is 0.811. The molecule has 0 atom stereocenters. The molecule has 4 heteroatoms. The number of halogens is 3. The van der Waals surface area contributed by atoms with Crippen LogP contribution in [0, 0.1) is 0 Å². The van der Waals surface area contributed by atoms with Crippen molar-refractivity contribution < 1.29 is 0 Å². The summed E-state index contributed by atoms with van der Waals surface area (Å²) in [5.74, 6) is 0. The van der Waals surface area contributed by atoms with Crippen LogP contribution in [0.15, 0.2) is 0 Å². The van der Waals surface area contributed by atoms with E-state index in [-0.39, 0.29) is 0 Å². The summed E-state index contributed by atoms with van der Waals surface area (Å²) in [4.78, 5) is 0. The molecule has 0 spiro atoms. The topological polar surface area (TPSA) is 0 Å². The van der Waals surface area contributed by atoms with Crippen molar-refractivity contribution in [3.63, 3.8) is 0 Å². The third-order valence-corrected chi connectivity index (χ3v) is 0. The predicted molar refractivity (Wildman–Crippen MR) is 32.5 cm³/mol. The van der Waals surface area contributed by atoms with E-state index < -0.39 is 13.1 Å². The van der Waals surface area contributed by atoms with Gasteiger partial charge in [-0.2, -0.15) is 0 Å². The molecule has 0 bridgehead atoms. The molecule has 0 radical (unpaired) electrons. The van der Waals surface area contributed by atoms with Crippen LogP contribution in [0.4, 0.5) is 0 Å². The molecule has 4 heavy (non-hydrogen) atoms. The Labute approximate surface area is 50.3 Å². The molecule has 0 saturated carbocycles. The van der Waals surface area contributed by atoms with Gasteiger partial charge in [-0.25, -0.2) is 0 Å². The van der Waals surface area contributed by atoms with Gasteiger partial charge < -0.3 is 0 Å². The van der Waals surface area contributed by atoms with Crippen LogP contribution in [0.3, 0.4) is 0 Å². The summed E-state index contributed by atoms with van der Waals surface area (Å²) in [6.07, 6.45) is 0. The Bertz CT molecular complexity index is 8.00. The summed E-state index contributed by atoms with van der Waals surface area (Å²) < 4.78 is 0. The van der Waals surface area contributed by atoms with E-state index in [4.69, 9.17) is 0 Å². The van der Waals surface area contributed by atoms with Gasteiger partial charge in [-0.15, -0.1) is 0 Å². The Kier molecular flexibility index (Phi) is 5.35. The van der Waals surface area contributed by atoms with E-state index >= 15 is 0 Å². The van der Waals surface area contributed by atoms with Crippen LogP contribution in [0.25, 0.3) is 0 Å². The second-order valence-corrected chi connectivity index (χ2v) is 38.8. The molecule has 0 unspecified atom stereocenters. The molecule has 0 N–H and O–H groups in total. The number of hydrogen-bond donors (Lipinski definition) is 0. The van der Waals surface area contributed by atoms with Crippen LogP contribution >= 0.6 is 38.1 Å². The van der Waals surface area contributed by atoms with Gasteiger partial charge in [0, 0.05) is 0 Å². The molecule has 0 aliphatic rings. The van der Waals surface area contributed by atoms with Crippen LogP contribution < -0.4 is 0 Å². The quantitative estimate of drug-likeness (QED) is 0.582. The Balaban J connectivity index is 2.32. The molecule has 0 nitrogen and oxygen atoms in total. The second kappa shape index (κ2) is 3.43. The van der Waals surface area contributed by atoms with Crippen molar-refractivity contribution in [2.45, 2.75) is 0 Å². The monoisotopic (exact) mass is 357 g/mol. The zero-order valence-corrected chi connectivity index (χ0v) is 9.25. The molecule has 0 fully saturated rings. The molecule has 0 aliphatic carbocycles.